The van der Waals surface area contributed by atoms with Crippen molar-refractivity contribution in [2.45, 2.75) is 65.3 Å². The van der Waals surface area contributed by atoms with Crippen LogP contribution in [0.5, 0.6) is 0 Å². The first-order valence-electron chi connectivity index (χ1n) is 7.45. The molecule has 1 heteroatoms. The Morgan fingerprint density at radius 2 is 1.88 bits per heavy atom. The summed E-state index contributed by atoms with van der Waals surface area (Å²) >= 11 is 0. The van der Waals surface area contributed by atoms with Gasteiger partial charge < -0.3 is 5.32 Å². The maximum atomic E-state index is 3.79. The minimum atomic E-state index is 0.806. The highest BCUT2D eigenvalue weighted by Gasteiger charge is 2.37. The Balaban J connectivity index is 1.93. The molecular weight excluding hydrogens is 194 g/mol. The summed E-state index contributed by atoms with van der Waals surface area (Å²) in [6.07, 6.45) is 8.85. The predicted octanol–water partition coefficient (Wildman–Crippen LogP) is 3.84. The second-order valence-corrected chi connectivity index (χ2v) is 6.31. The lowest BCUT2D eigenvalue weighted by molar-refractivity contribution is 0.174. The fourth-order valence-electron chi connectivity index (χ4n) is 3.74. The molecule has 4 unspecified atom stereocenters. The van der Waals surface area contributed by atoms with Gasteiger partial charge in [-0.15, -0.1) is 0 Å². The fraction of sp³-hybridized carbons (Fsp3) is 1.00. The molecule has 4 atom stereocenters. The van der Waals surface area contributed by atoms with E-state index in [-0.39, 0.29) is 0 Å². The van der Waals surface area contributed by atoms with Crippen LogP contribution in [0.15, 0.2) is 0 Å². The molecule has 0 aromatic rings. The van der Waals surface area contributed by atoms with E-state index in [4.69, 9.17) is 0 Å². The predicted molar refractivity (Wildman–Crippen MR) is 70.5 cm³/mol. The molecule has 0 radical (unpaired) electrons. The first kappa shape index (κ1) is 12.4. The minimum absolute atomic E-state index is 0.806. The topological polar surface area (TPSA) is 12.0 Å². The Morgan fingerprint density at radius 3 is 2.44 bits per heavy atom. The van der Waals surface area contributed by atoms with Gasteiger partial charge in [0.15, 0.2) is 0 Å². The largest absolute Gasteiger partial charge is 0.314 e. The van der Waals surface area contributed by atoms with Crippen LogP contribution in [0.3, 0.4) is 0 Å². The van der Waals surface area contributed by atoms with E-state index in [1.807, 2.05) is 0 Å². The average molecular weight is 223 g/mol. The SMILES string of the molecule is CCNC(C1CCCC(C)C1)C(C)C1CC1. The molecule has 0 aromatic heterocycles. The van der Waals surface area contributed by atoms with Gasteiger partial charge in [-0.1, -0.05) is 33.6 Å². The first-order chi connectivity index (χ1) is 7.72. The van der Waals surface area contributed by atoms with Crippen molar-refractivity contribution in [3.05, 3.63) is 0 Å². The second kappa shape index (κ2) is 5.53. The van der Waals surface area contributed by atoms with Crippen molar-refractivity contribution in [3.8, 4) is 0 Å². The monoisotopic (exact) mass is 223 g/mol. The molecular formula is C15H29N. The quantitative estimate of drug-likeness (QED) is 0.747. The van der Waals surface area contributed by atoms with Gasteiger partial charge in [0, 0.05) is 6.04 Å². The van der Waals surface area contributed by atoms with Gasteiger partial charge in [0.1, 0.15) is 0 Å². The van der Waals surface area contributed by atoms with E-state index in [2.05, 4.69) is 26.1 Å². The van der Waals surface area contributed by atoms with Crippen LogP contribution >= 0.6 is 0 Å². The maximum absolute atomic E-state index is 3.79. The molecule has 2 aliphatic carbocycles. The van der Waals surface area contributed by atoms with Gasteiger partial charge in [-0.25, -0.2) is 0 Å². The fourth-order valence-corrected chi connectivity index (χ4v) is 3.74. The molecule has 0 amide bonds. The number of hydrogen-bond donors (Lipinski definition) is 1. The van der Waals surface area contributed by atoms with Crippen molar-refractivity contribution >= 4 is 0 Å². The van der Waals surface area contributed by atoms with Crippen molar-refractivity contribution in [1.29, 1.82) is 0 Å². The van der Waals surface area contributed by atoms with Crippen molar-refractivity contribution in [1.82, 2.24) is 5.32 Å². The Bertz CT molecular complexity index is 209. The van der Waals surface area contributed by atoms with Gasteiger partial charge in [-0.3, -0.25) is 0 Å². The van der Waals surface area contributed by atoms with E-state index in [0.717, 1.165) is 36.3 Å². The highest BCUT2D eigenvalue weighted by molar-refractivity contribution is 4.91. The lowest BCUT2D eigenvalue weighted by Gasteiger charge is -2.37. The zero-order chi connectivity index (χ0) is 11.5. The average Bonchev–Trinajstić information content (AvgIpc) is 3.08. The van der Waals surface area contributed by atoms with Crippen LogP contribution in [0.1, 0.15) is 59.3 Å². The van der Waals surface area contributed by atoms with Gasteiger partial charge in [-0.2, -0.15) is 0 Å². The molecule has 2 aliphatic rings. The van der Waals surface area contributed by atoms with Crippen LogP contribution in [-0.4, -0.2) is 12.6 Å². The van der Waals surface area contributed by atoms with Gasteiger partial charge in [0.25, 0.3) is 0 Å². The highest BCUT2D eigenvalue weighted by Crippen LogP contribution is 2.42. The molecule has 1 nitrogen and oxygen atoms in total. The van der Waals surface area contributed by atoms with Crippen molar-refractivity contribution in [3.63, 3.8) is 0 Å². The molecule has 94 valence electrons. The number of nitrogens with one attached hydrogen (secondary N) is 1. The normalized spacial score (nSPS) is 34.7. The molecule has 0 bridgehead atoms. The molecule has 2 fully saturated rings. The zero-order valence-electron chi connectivity index (χ0n) is 11.3. The lowest BCUT2D eigenvalue weighted by Crippen LogP contribution is -2.43. The van der Waals surface area contributed by atoms with Crippen molar-refractivity contribution in [2.24, 2.45) is 23.7 Å². The Labute approximate surface area is 101 Å². The summed E-state index contributed by atoms with van der Waals surface area (Å²) in [4.78, 5) is 0. The van der Waals surface area contributed by atoms with Crippen LogP contribution < -0.4 is 5.32 Å². The maximum Gasteiger partial charge on any atom is 0.0124 e. The summed E-state index contributed by atoms with van der Waals surface area (Å²) in [6, 6.07) is 0.806. The summed E-state index contributed by atoms with van der Waals surface area (Å²) < 4.78 is 0. The Morgan fingerprint density at radius 1 is 1.12 bits per heavy atom. The molecule has 0 heterocycles. The van der Waals surface area contributed by atoms with Crippen LogP contribution in [0.25, 0.3) is 0 Å². The summed E-state index contributed by atoms with van der Waals surface area (Å²) in [5.41, 5.74) is 0. The van der Waals surface area contributed by atoms with Crippen LogP contribution in [0.4, 0.5) is 0 Å². The van der Waals surface area contributed by atoms with E-state index in [1.54, 1.807) is 0 Å². The van der Waals surface area contributed by atoms with Crippen LogP contribution in [0.2, 0.25) is 0 Å². The molecule has 1 N–H and O–H groups in total. The van der Waals surface area contributed by atoms with Gasteiger partial charge >= 0.3 is 0 Å². The first-order valence-corrected chi connectivity index (χ1v) is 7.45. The van der Waals surface area contributed by atoms with Gasteiger partial charge in [0.2, 0.25) is 0 Å². The van der Waals surface area contributed by atoms with E-state index in [9.17, 15) is 0 Å². The standard InChI is InChI=1S/C15H29N/c1-4-16-15(12(3)13-8-9-13)14-7-5-6-11(2)10-14/h11-16H,4-10H2,1-3H3. The molecule has 0 aliphatic heterocycles. The van der Waals surface area contributed by atoms with E-state index in [0.29, 0.717) is 0 Å². The van der Waals surface area contributed by atoms with E-state index < -0.39 is 0 Å². The lowest BCUT2D eigenvalue weighted by atomic mass is 9.74. The molecule has 0 aromatic carbocycles. The third-order valence-corrected chi connectivity index (χ3v) is 4.86. The number of rotatable bonds is 5. The highest BCUT2D eigenvalue weighted by atomic mass is 14.9. The molecule has 2 saturated carbocycles. The summed E-state index contributed by atoms with van der Waals surface area (Å²) in [6.45, 7) is 8.34. The van der Waals surface area contributed by atoms with Crippen molar-refractivity contribution < 1.29 is 0 Å². The third-order valence-electron chi connectivity index (χ3n) is 4.86. The van der Waals surface area contributed by atoms with E-state index >= 15 is 0 Å². The number of hydrogen-bond acceptors (Lipinski definition) is 1. The van der Waals surface area contributed by atoms with Gasteiger partial charge in [-0.05, 0) is 55.9 Å². The molecule has 0 spiro atoms. The molecule has 16 heavy (non-hydrogen) atoms. The second-order valence-electron chi connectivity index (χ2n) is 6.31. The van der Waals surface area contributed by atoms with Crippen LogP contribution in [-0.2, 0) is 0 Å². The van der Waals surface area contributed by atoms with E-state index in [1.165, 1.54) is 38.5 Å². The smallest absolute Gasteiger partial charge is 0.0124 e. The third kappa shape index (κ3) is 3.00. The minimum Gasteiger partial charge on any atom is -0.314 e. The zero-order valence-corrected chi connectivity index (χ0v) is 11.3. The summed E-state index contributed by atoms with van der Waals surface area (Å²) in [7, 11) is 0. The molecule has 2 rings (SSSR count). The Kier molecular flexibility index (Phi) is 4.29. The van der Waals surface area contributed by atoms with Crippen LogP contribution in [0, 0.1) is 23.7 Å². The van der Waals surface area contributed by atoms with Crippen molar-refractivity contribution in [2.75, 3.05) is 6.54 Å². The summed E-state index contributed by atoms with van der Waals surface area (Å²) in [5.74, 6) is 3.88. The summed E-state index contributed by atoms with van der Waals surface area (Å²) in [5, 5.41) is 3.79. The molecule has 0 saturated heterocycles. The Hall–Kier alpha value is -0.0400. The van der Waals surface area contributed by atoms with Gasteiger partial charge in [0.05, 0.1) is 0 Å².